The minimum absolute atomic E-state index is 0.0413. The van der Waals surface area contributed by atoms with Crippen molar-refractivity contribution >= 4 is 12.0 Å². The first kappa shape index (κ1) is 17.4. The number of rotatable bonds is 5. The summed E-state index contributed by atoms with van der Waals surface area (Å²) in [6.07, 6.45) is 5.01. The van der Waals surface area contributed by atoms with Gasteiger partial charge in [0.05, 0.1) is 12.6 Å². The second-order valence-electron chi connectivity index (χ2n) is 5.68. The summed E-state index contributed by atoms with van der Waals surface area (Å²) in [7, 11) is 0. The molecule has 0 aliphatic carbocycles. The van der Waals surface area contributed by atoms with Crippen molar-refractivity contribution in [3.8, 4) is 5.75 Å². The van der Waals surface area contributed by atoms with Gasteiger partial charge in [0, 0.05) is 12.6 Å². The van der Waals surface area contributed by atoms with Crippen molar-refractivity contribution in [2.24, 2.45) is 5.92 Å². The number of nitrogens with zero attached hydrogens (tertiary/aromatic N) is 1. The van der Waals surface area contributed by atoms with E-state index in [1.54, 1.807) is 23.1 Å². The first-order valence-electron chi connectivity index (χ1n) is 7.65. The number of alkyl halides is 2. The number of carbonyl (C=O) groups is 1. The van der Waals surface area contributed by atoms with Crippen LogP contribution in [0.5, 0.6) is 5.75 Å². The second kappa shape index (κ2) is 8.06. The number of halogens is 2. The average Bonchev–Trinajstić information content (AvgIpc) is 2.53. The number of likely N-dealkylation sites (tertiary alicyclic amines) is 1. The van der Waals surface area contributed by atoms with Crippen LogP contribution in [0.1, 0.15) is 25.3 Å². The molecule has 1 heterocycles. The molecule has 0 saturated carbocycles. The van der Waals surface area contributed by atoms with E-state index in [9.17, 15) is 18.7 Å². The maximum Gasteiger partial charge on any atom is 0.387 e. The van der Waals surface area contributed by atoms with Crippen molar-refractivity contribution in [2.45, 2.75) is 32.4 Å². The van der Waals surface area contributed by atoms with E-state index in [1.807, 2.05) is 6.92 Å². The molecular formula is C17H21F2NO3. The zero-order chi connectivity index (χ0) is 16.8. The van der Waals surface area contributed by atoms with Crippen LogP contribution in [-0.4, -0.2) is 41.7 Å². The largest absolute Gasteiger partial charge is 0.435 e. The van der Waals surface area contributed by atoms with Gasteiger partial charge in [-0.1, -0.05) is 19.1 Å². The van der Waals surface area contributed by atoms with Crippen LogP contribution in [0, 0.1) is 5.92 Å². The van der Waals surface area contributed by atoms with Gasteiger partial charge in [0.1, 0.15) is 5.75 Å². The Morgan fingerprint density at radius 3 is 2.74 bits per heavy atom. The van der Waals surface area contributed by atoms with Gasteiger partial charge in [0.25, 0.3) is 0 Å². The average molecular weight is 325 g/mol. The minimum Gasteiger partial charge on any atom is -0.435 e. The predicted molar refractivity (Wildman–Crippen MR) is 83.1 cm³/mol. The fourth-order valence-corrected chi connectivity index (χ4v) is 2.82. The lowest BCUT2D eigenvalue weighted by molar-refractivity contribution is -0.132. The molecule has 1 amide bonds. The summed E-state index contributed by atoms with van der Waals surface area (Å²) >= 11 is 0. The summed E-state index contributed by atoms with van der Waals surface area (Å²) in [5.41, 5.74) is 0.713. The van der Waals surface area contributed by atoms with Crippen LogP contribution in [0.25, 0.3) is 6.08 Å². The normalized spacial score (nSPS) is 21.9. The molecule has 1 aromatic carbocycles. The molecule has 1 aromatic rings. The van der Waals surface area contributed by atoms with E-state index < -0.39 is 6.61 Å². The van der Waals surface area contributed by atoms with Crippen molar-refractivity contribution in [2.75, 3.05) is 13.2 Å². The first-order valence-corrected chi connectivity index (χ1v) is 7.65. The van der Waals surface area contributed by atoms with E-state index >= 15 is 0 Å². The van der Waals surface area contributed by atoms with Gasteiger partial charge in [-0.05, 0) is 42.5 Å². The second-order valence-corrected chi connectivity index (χ2v) is 5.68. The Bertz CT molecular complexity index is 545. The highest BCUT2D eigenvalue weighted by molar-refractivity contribution is 5.92. The molecule has 1 fully saturated rings. The summed E-state index contributed by atoms with van der Waals surface area (Å²) in [4.78, 5) is 14.0. The number of amides is 1. The van der Waals surface area contributed by atoms with Crippen LogP contribution in [-0.2, 0) is 4.79 Å². The summed E-state index contributed by atoms with van der Waals surface area (Å²) in [5.74, 6) is 0.203. The molecule has 1 N–H and O–H groups in total. The SMILES string of the molecule is CC1CCCN(C(=O)/C=C/c2ccc(OC(F)F)cc2)C1CO. The maximum absolute atomic E-state index is 12.3. The Morgan fingerprint density at radius 1 is 1.43 bits per heavy atom. The number of ether oxygens (including phenoxy) is 1. The Labute approximate surface area is 134 Å². The minimum atomic E-state index is -2.85. The Morgan fingerprint density at radius 2 is 2.13 bits per heavy atom. The molecule has 0 bridgehead atoms. The highest BCUT2D eigenvalue weighted by atomic mass is 19.3. The van der Waals surface area contributed by atoms with Crippen LogP contribution in [0.4, 0.5) is 8.78 Å². The number of benzene rings is 1. The van der Waals surface area contributed by atoms with Crippen LogP contribution >= 0.6 is 0 Å². The number of hydrogen-bond donors (Lipinski definition) is 1. The third-order valence-electron chi connectivity index (χ3n) is 4.11. The molecule has 2 unspecified atom stereocenters. The van der Waals surface area contributed by atoms with Crippen LogP contribution in [0.3, 0.4) is 0 Å². The number of piperidine rings is 1. The number of aliphatic hydroxyl groups excluding tert-OH is 1. The highest BCUT2D eigenvalue weighted by Crippen LogP contribution is 2.23. The Hall–Kier alpha value is -1.95. The van der Waals surface area contributed by atoms with E-state index in [-0.39, 0.29) is 30.2 Å². The maximum atomic E-state index is 12.3. The molecule has 4 nitrogen and oxygen atoms in total. The fourth-order valence-electron chi connectivity index (χ4n) is 2.82. The van der Waals surface area contributed by atoms with Crippen LogP contribution < -0.4 is 4.74 Å². The van der Waals surface area contributed by atoms with E-state index in [0.29, 0.717) is 12.1 Å². The molecule has 2 atom stereocenters. The lowest BCUT2D eigenvalue weighted by Gasteiger charge is -2.38. The Balaban J connectivity index is 1.99. The number of aliphatic hydroxyl groups is 1. The van der Waals surface area contributed by atoms with Crippen LogP contribution in [0.2, 0.25) is 0 Å². The molecule has 0 spiro atoms. The summed E-state index contributed by atoms with van der Waals surface area (Å²) in [6.45, 7) is -0.221. The quantitative estimate of drug-likeness (QED) is 0.847. The van der Waals surface area contributed by atoms with E-state index in [1.165, 1.54) is 18.2 Å². The summed E-state index contributed by atoms with van der Waals surface area (Å²) in [6, 6.07) is 5.90. The molecule has 1 aliphatic rings. The molecule has 2 rings (SSSR count). The monoisotopic (exact) mass is 325 g/mol. The van der Waals surface area contributed by atoms with Gasteiger partial charge >= 0.3 is 6.61 Å². The fraction of sp³-hybridized carbons (Fsp3) is 0.471. The van der Waals surface area contributed by atoms with Crippen molar-refractivity contribution in [3.05, 3.63) is 35.9 Å². The first-order chi connectivity index (χ1) is 11.0. The molecule has 1 aliphatic heterocycles. The van der Waals surface area contributed by atoms with Crippen molar-refractivity contribution in [3.63, 3.8) is 0 Å². The molecule has 1 saturated heterocycles. The number of hydrogen-bond acceptors (Lipinski definition) is 3. The van der Waals surface area contributed by atoms with Gasteiger partial charge in [-0.2, -0.15) is 8.78 Å². The predicted octanol–water partition coefficient (Wildman–Crippen LogP) is 2.92. The van der Waals surface area contributed by atoms with E-state index in [4.69, 9.17) is 0 Å². The number of carbonyl (C=O) groups excluding carboxylic acids is 1. The zero-order valence-electron chi connectivity index (χ0n) is 13.0. The highest BCUT2D eigenvalue weighted by Gasteiger charge is 2.30. The van der Waals surface area contributed by atoms with Crippen molar-refractivity contribution in [1.82, 2.24) is 4.90 Å². The lowest BCUT2D eigenvalue weighted by atomic mass is 9.91. The molecule has 23 heavy (non-hydrogen) atoms. The Kier molecular flexibility index (Phi) is 6.10. The van der Waals surface area contributed by atoms with E-state index in [2.05, 4.69) is 4.74 Å². The summed E-state index contributed by atoms with van der Waals surface area (Å²) < 4.78 is 28.4. The summed E-state index contributed by atoms with van der Waals surface area (Å²) in [5, 5.41) is 9.48. The smallest absolute Gasteiger partial charge is 0.387 e. The van der Waals surface area contributed by atoms with Crippen LogP contribution in [0.15, 0.2) is 30.3 Å². The van der Waals surface area contributed by atoms with Gasteiger partial charge in [0.15, 0.2) is 0 Å². The third-order valence-corrected chi connectivity index (χ3v) is 4.11. The molecule has 6 heteroatoms. The van der Waals surface area contributed by atoms with Crippen molar-refractivity contribution < 1.29 is 23.4 Å². The van der Waals surface area contributed by atoms with Gasteiger partial charge in [0.2, 0.25) is 5.91 Å². The third kappa shape index (κ3) is 4.76. The topological polar surface area (TPSA) is 49.8 Å². The van der Waals surface area contributed by atoms with Gasteiger partial charge < -0.3 is 14.7 Å². The lowest BCUT2D eigenvalue weighted by Crippen LogP contribution is -2.49. The van der Waals surface area contributed by atoms with Gasteiger partial charge in [-0.3, -0.25) is 4.79 Å². The van der Waals surface area contributed by atoms with Gasteiger partial charge in [-0.25, -0.2) is 0 Å². The van der Waals surface area contributed by atoms with Gasteiger partial charge in [-0.15, -0.1) is 0 Å². The van der Waals surface area contributed by atoms with E-state index in [0.717, 1.165) is 12.8 Å². The molecule has 126 valence electrons. The molecular weight excluding hydrogens is 304 g/mol. The zero-order valence-corrected chi connectivity index (χ0v) is 13.0. The standard InChI is InChI=1S/C17H21F2NO3/c1-12-3-2-10-20(15(12)11-21)16(22)9-6-13-4-7-14(8-5-13)23-17(18)19/h4-9,12,15,17,21H,2-3,10-11H2,1H3/b9-6+. The molecule has 0 radical (unpaired) electrons. The van der Waals surface area contributed by atoms with Crippen molar-refractivity contribution in [1.29, 1.82) is 0 Å². The molecule has 0 aromatic heterocycles.